The Morgan fingerprint density at radius 2 is 1.89 bits per heavy atom. The molecule has 0 aliphatic heterocycles. The molecule has 1 fully saturated rings. The standard InChI is InChI=1S/C13H13F3N2/c14-10-5-12(16)11(15)4-9(10)7-18-13-3-1-2-8(13)6-17/h4-5,8,13,18H,1-3,7H2. The van der Waals surface area contributed by atoms with E-state index in [4.69, 9.17) is 5.26 Å². The first-order valence-electron chi connectivity index (χ1n) is 5.88. The van der Waals surface area contributed by atoms with Crippen LogP contribution in [-0.4, -0.2) is 6.04 Å². The predicted octanol–water partition coefficient (Wildman–Crippen LogP) is 2.89. The smallest absolute Gasteiger partial charge is 0.161 e. The van der Waals surface area contributed by atoms with Gasteiger partial charge >= 0.3 is 0 Å². The summed E-state index contributed by atoms with van der Waals surface area (Å²) in [5.41, 5.74) is 0.0810. The highest BCUT2D eigenvalue weighted by Gasteiger charge is 2.26. The van der Waals surface area contributed by atoms with Crippen molar-refractivity contribution in [3.63, 3.8) is 0 Å². The van der Waals surface area contributed by atoms with Crippen LogP contribution in [0.4, 0.5) is 13.2 Å². The fraction of sp³-hybridized carbons (Fsp3) is 0.462. The van der Waals surface area contributed by atoms with Crippen molar-refractivity contribution in [2.24, 2.45) is 5.92 Å². The Morgan fingerprint density at radius 3 is 2.61 bits per heavy atom. The van der Waals surface area contributed by atoms with Gasteiger partial charge in [-0.15, -0.1) is 0 Å². The zero-order valence-corrected chi connectivity index (χ0v) is 9.72. The molecule has 1 N–H and O–H groups in total. The second-order valence-electron chi connectivity index (χ2n) is 4.51. The fourth-order valence-corrected chi connectivity index (χ4v) is 2.30. The van der Waals surface area contributed by atoms with Crippen molar-refractivity contribution in [1.29, 1.82) is 5.26 Å². The third-order valence-corrected chi connectivity index (χ3v) is 3.33. The predicted molar refractivity (Wildman–Crippen MR) is 59.9 cm³/mol. The topological polar surface area (TPSA) is 35.8 Å². The van der Waals surface area contributed by atoms with Crippen LogP contribution >= 0.6 is 0 Å². The summed E-state index contributed by atoms with van der Waals surface area (Å²) in [6.07, 6.45) is 2.63. The fourth-order valence-electron chi connectivity index (χ4n) is 2.30. The lowest BCUT2D eigenvalue weighted by Crippen LogP contribution is -2.31. The average molecular weight is 254 g/mol. The first kappa shape index (κ1) is 12.9. The van der Waals surface area contributed by atoms with Crippen LogP contribution in [0.25, 0.3) is 0 Å². The van der Waals surface area contributed by atoms with Crippen LogP contribution in [0.1, 0.15) is 24.8 Å². The minimum Gasteiger partial charge on any atom is -0.309 e. The molecule has 0 bridgehead atoms. The summed E-state index contributed by atoms with van der Waals surface area (Å²) in [5.74, 6) is -3.10. The molecule has 2 unspecified atom stereocenters. The van der Waals surface area contributed by atoms with Crippen molar-refractivity contribution in [3.05, 3.63) is 35.1 Å². The Morgan fingerprint density at radius 1 is 1.17 bits per heavy atom. The number of nitrogens with zero attached hydrogens (tertiary/aromatic N) is 1. The molecular formula is C13H13F3N2. The molecule has 0 amide bonds. The summed E-state index contributed by atoms with van der Waals surface area (Å²) in [5, 5.41) is 11.9. The normalized spacial score (nSPS) is 23.0. The maximum atomic E-state index is 13.4. The van der Waals surface area contributed by atoms with Gasteiger partial charge in [-0.2, -0.15) is 5.26 Å². The van der Waals surface area contributed by atoms with Gasteiger partial charge in [0.15, 0.2) is 11.6 Å². The van der Waals surface area contributed by atoms with Crippen molar-refractivity contribution >= 4 is 0 Å². The SMILES string of the molecule is N#CC1CCCC1NCc1cc(F)c(F)cc1F. The number of nitriles is 1. The molecule has 96 valence electrons. The number of hydrogen-bond donors (Lipinski definition) is 1. The van der Waals surface area contributed by atoms with E-state index < -0.39 is 17.5 Å². The van der Waals surface area contributed by atoms with E-state index in [-0.39, 0.29) is 24.1 Å². The lowest BCUT2D eigenvalue weighted by Gasteiger charge is -2.15. The highest BCUT2D eigenvalue weighted by atomic mass is 19.2. The summed E-state index contributed by atoms with van der Waals surface area (Å²) in [7, 11) is 0. The zero-order valence-electron chi connectivity index (χ0n) is 9.72. The summed E-state index contributed by atoms with van der Waals surface area (Å²) in [6.45, 7) is 0.103. The van der Waals surface area contributed by atoms with E-state index in [2.05, 4.69) is 11.4 Å². The van der Waals surface area contributed by atoms with Gasteiger partial charge < -0.3 is 5.32 Å². The number of halogens is 3. The monoisotopic (exact) mass is 254 g/mol. The van der Waals surface area contributed by atoms with Crippen LogP contribution in [0.5, 0.6) is 0 Å². The molecule has 0 aromatic heterocycles. The van der Waals surface area contributed by atoms with Crippen molar-refractivity contribution in [3.8, 4) is 6.07 Å². The second-order valence-corrected chi connectivity index (χ2v) is 4.51. The van der Waals surface area contributed by atoms with E-state index in [1.54, 1.807) is 0 Å². The van der Waals surface area contributed by atoms with Gasteiger partial charge in [0, 0.05) is 24.2 Å². The van der Waals surface area contributed by atoms with Gasteiger partial charge in [0.25, 0.3) is 0 Å². The lowest BCUT2D eigenvalue weighted by molar-refractivity contribution is 0.449. The second kappa shape index (κ2) is 5.40. The van der Waals surface area contributed by atoms with Crippen LogP contribution in [0.3, 0.4) is 0 Å². The molecule has 1 saturated carbocycles. The van der Waals surface area contributed by atoms with E-state index in [1.165, 1.54) is 0 Å². The number of nitrogens with one attached hydrogen (secondary N) is 1. The number of hydrogen-bond acceptors (Lipinski definition) is 2. The molecule has 2 atom stereocenters. The molecule has 1 aromatic rings. The average Bonchev–Trinajstić information content (AvgIpc) is 2.79. The Labute approximate surface area is 103 Å². The van der Waals surface area contributed by atoms with Crippen LogP contribution in [-0.2, 0) is 6.54 Å². The number of rotatable bonds is 3. The van der Waals surface area contributed by atoms with Gasteiger partial charge in [0.2, 0.25) is 0 Å². The summed E-state index contributed by atoms with van der Waals surface area (Å²) in [6, 6.07) is 3.60. The maximum absolute atomic E-state index is 13.4. The van der Waals surface area contributed by atoms with E-state index in [9.17, 15) is 13.2 Å². The minimum atomic E-state index is -1.19. The molecule has 2 rings (SSSR count). The molecular weight excluding hydrogens is 241 g/mol. The quantitative estimate of drug-likeness (QED) is 0.842. The van der Waals surface area contributed by atoms with Crippen molar-refractivity contribution in [1.82, 2.24) is 5.32 Å². The summed E-state index contributed by atoms with van der Waals surface area (Å²) >= 11 is 0. The van der Waals surface area contributed by atoms with Gasteiger partial charge in [-0.1, -0.05) is 6.42 Å². The van der Waals surface area contributed by atoms with Gasteiger partial charge in [0.05, 0.1) is 12.0 Å². The van der Waals surface area contributed by atoms with Crippen LogP contribution in [0.15, 0.2) is 12.1 Å². The van der Waals surface area contributed by atoms with Crippen molar-refractivity contribution < 1.29 is 13.2 Å². The van der Waals surface area contributed by atoms with Crippen LogP contribution < -0.4 is 5.32 Å². The molecule has 2 nitrogen and oxygen atoms in total. The molecule has 0 spiro atoms. The molecule has 5 heteroatoms. The van der Waals surface area contributed by atoms with Crippen LogP contribution in [0, 0.1) is 34.7 Å². The Bertz CT molecular complexity index is 482. The Kier molecular flexibility index (Phi) is 3.87. The first-order chi connectivity index (χ1) is 8.61. The summed E-state index contributed by atoms with van der Waals surface area (Å²) < 4.78 is 39.1. The molecule has 1 aliphatic rings. The van der Waals surface area contributed by atoms with E-state index >= 15 is 0 Å². The molecule has 0 radical (unpaired) electrons. The van der Waals surface area contributed by atoms with E-state index in [1.807, 2.05) is 0 Å². The lowest BCUT2D eigenvalue weighted by atomic mass is 10.1. The molecule has 1 aliphatic carbocycles. The molecule has 0 saturated heterocycles. The first-order valence-corrected chi connectivity index (χ1v) is 5.88. The third-order valence-electron chi connectivity index (χ3n) is 3.33. The van der Waals surface area contributed by atoms with Crippen LogP contribution in [0.2, 0.25) is 0 Å². The van der Waals surface area contributed by atoms with Gasteiger partial charge in [-0.3, -0.25) is 0 Å². The zero-order chi connectivity index (χ0) is 13.1. The molecule has 1 aromatic carbocycles. The number of benzene rings is 1. The Balaban J connectivity index is 2.02. The minimum absolute atomic E-state index is 0.00233. The highest BCUT2D eigenvalue weighted by Crippen LogP contribution is 2.25. The van der Waals surface area contributed by atoms with Crippen molar-refractivity contribution in [2.45, 2.75) is 31.8 Å². The van der Waals surface area contributed by atoms with Gasteiger partial charge in [-0.05, 0) is 18.9 Å². The van der Waals surface area contributed by atoms with E-state index in [0.717, 1.165) is 25.3 Å². The maximum Gasteiger partial charge on any atom is 0.161 e. The van der Waals surface area contributed by atoms with E-state index in [0.29, 0.717) is 6.07 Å². The van der Waals surface area contributed by atoms with Crippen molar-refractivity contribution in [2.75, 3.05) is 0 Å². The third kappa shape index (κ3) is 2.65. The molecule has 0 heterocycles. The van der Waals surface area contributed by atoms with Gasteiger partial charge in [0.1, 0.15) is 5.82 Å². The summed E-state index contributed by atoms with van der Waals surface area (Å²) in [4.78, 5) is 0. The van der Waals surface area contributed by atoms with Gasteiger partial charge in [-0.25, -0.2) is 13.2 Å². The highest BCUT2D eigenvalue weighted by molar-refractivity contribution is 5.20. The largest absolute Gasteiger partial charge is 0.309 e. The Hall–Kier alpha value is -1.54. The molecule has 18 heavy (non-hydrogen) atoms.